The highest BCUT2D eigenvalue weighted by Gasteiger charge is 2.34. The highest BCUT2D eigenvalue weighted by molar-refractivity contribution is 7.99. The van der Waals surface area contributed by atoms with Crippen LogP contribution in [0.3, 0.4) is 0 Å². The minimum absolute atomic E-state index is 0.0128. The number of pyridine rings is 1. The largest absolute Gasteiger partial charge is 0.423 e. The lowest BCUT2D eigenvalue weighted by atomic mass is 10.2. The zero-order valence-corrected chi connectivity index (χ0v) is 12.9. The molecule has 120 valence electrons. The van der Waals surface area contributed by atoms with Crippen molar-refractivity contribution in [3.05, 3.63) is 60.4 Å². The number of carbonyl (C=O) groups is 1. The molecule has 0 amide bonds. The zero-order chi connectivity index (χ0) is 17.0. The van der Waals surface area contributed by atoms with Crippen molar-refractivity contribution in [2.45, 2.75) is 22.9 Å². The molecule has 0 atom stereocenters. The van der Waals surface area contributed by atoms with Gasteiger partial charge in [0.25, 0.3) is 0 Å². The van der Waals surface area contributed by atoms with E-state index in [0.717, 1.165) is 17.8 Å². The molecule has 2 aromatic rings. The molecule has 0 saturated heterocycles. The molecule has 0 aliphatic heterocycles. The Morgan fingerprint density at radius 2 is 1.87 bits per heavy atom. The van der Waals surface area contributed by atoms with Gasteiger partial charge in [-0.3, -0.25) is 4.98 Å². The molecule has 0 aliphatic carbocycles. The number of halogens is 3. The minimum Gasteiger partial charge on any atom is -0.423 e. The second-order valence-electron chi connectivity index (χ2n) is 4.61. The van der Waals surface area contributed by atoms with Gasteiger partial charge in [-0.2, -0.15) is 13.2 Å². The normalized spacial score (nSPS) is 11.1. The highest BCUT2D eigenvalue weighted by Crippen LogP contribution is 2.41. The van der Waals surface area contributed by atoms with E-state index < -0.39 is 17.7 Å². The lowest BCUT2D eigenvalue weighted by molar-refractivity contribution is -0.140. The Bertz CT molecular complexity index is 730. The summed E-state index contributed by atoms with van der Waals surface area (Å²) in [6.07, 6.45) is -1.57. The van der Waals surface area contributed by atoms with Gasteiger partial charge in [0.1, 0.15) is 5.75 Å². The second kappa shape index (κ2) is 6.87. The molecule has 2 rings (SSSR count). The van der Waals surface area contributed by atoms with E-state index in [9.17, 15) is 18.0 Å². The van der Waals surface area contributed by atoms with E-state index in [1.807, 2.05) is 0 Å². The van der Waals surface area contributed by atoms with Crippen LogP contribution >= 0.6 is 11.8 Å². The first kappa shape index (κ1) is 17.1. The van der Waals surface area contributed by atoms with Gasteiger partial charge in [0.2, 0.25) is 0 Å². The van der Waals surface area contributed by atoms with Crippen molar-refractivity contribution in [2.24, 2.45) is 0 Å². The summed E-state index contributed by atoms with van der Waals surface area (Å²) in [5, 5.41) is 0. The average Bonchev–Trinajstić information content (AvgIpc) is 2.48. The molecular formula is C16H12F3NO2S. The van der Waals surface area contributed by atoms with Gasteiger partial charge in [-0.25, -0.2) is 4.79 Å². The van der Waals surface area contributed by atoms with Crippen LogP contribution in [-0.4, -0.2) is 11.0 Å². The summed E-state index contributed by atoms with van der Waals surface area (Å²) in [7, 11) is 0. The molecule has 7 heteroatoms. The molecular weight excluding hydrogens is 327 g/mol. The summed E-state index contributed by atoms with van der Waals surface area (Å²) in [4.78, 5) is 15.9. The number of aromatic nitrogens is 1. The summed E-state index contributed by atoms with van der Waals surface area (Å²) >= 11 is 0.957. The molecule has 1 heterocycles. The number of carbonyl (C=O) groups excluding carboxylic acids is 1. The highest BCUT2D eigenvalue weighted by atomic mass is 32.2. The third-order valence-corrected chi connectivity index (χ3v) is 3.78. The molecule has 0 bridgehead atoms. The Hall–Kier alpha value is -2.28. The van der Waals surface area contributed by atoms with E-state index in [0.29, 0.717) is 4.90 Å². The van der Waals surface area contributed by atoms with E-state index in [2.05, 4.69) is 11.6 Å². The standard InChI is InChI=1S/C16H12F3NO2S/c1-10(2)15(21)22-11-3-4-14(13(9-11)16(17,18)19)23-12-5-7-20-8-6-12/h3-9H,1H2,2H3. The van der Waals surface area contributed by atoms with Crippen LogP contribution in [0.1, 0.15) is 12.5 Å². The van der Waals surface area contributed by atoms with E-state index in [1.54, 1.807) is 12.1 Å². The average molecular weight is 339 g/mol. The van der Waals surface area contributed by atoms with Gasteiger partial charge in [0, 0.05) is 27.8 Å². The fourth-order valence-corrected chi connectivity index (χ4v) is 2.54. The first-order chi connectivity index (χ1) is 10.8. The van der Waals surface area contributed by atoms with Crippen molar-refractivity contribution in [1.29, 1.82) is 0 Å². The second-order valence-corrected chi connectivity index (χ2v) is 5.73. The summed E-state index contributed by atoms with van der Waals surface area (Å²) < 4.78 is 44.6. The maximum atomic E-state index is 13.2. The third kappa shape index (κ3) is 4.59. The summed E-state index contributed by atoms with van der Waals surface area (Å²) in [5.74, 6) is -0.947. The molecule has 0 spiro atoms. The van der Waals surface area contributed by atoms with Gasteiger partial charge in [-0.15, -0.1) is 0 Å². The van der Waals surface area contributed by atoms with Crippen LogP contribution in [0, 0.1) is 0 Å². The first-order valence-corrected chi connectivity index (χ1v) is 7.26. The maximum Gasteiger partial charge on any atom is 0.417 e. The lowest BCUT2D eigenvalue weighted by Gasteiger charge is -2.14. The quantitative estimate of drug-likeness (QED) is 0.458. The molecule has 1 aromatic heterocycles. The van der Waals surface area contributed by atoms with Crippen molar-refractivity contribution < 1.29 is 22.7 Å². The van der Waals surface area contributed by atoms with Crippen LogP contribution < -0.4 is 4.74 Å². The number of alkyl halides is 3. The van der Waals surface area contributed by atoms with Gasteiger partial charge >= 0.3 is 12.1 Å². The number of nitrogens with zero attached hydrogens (tertiary/aromatic N) is 1. The van der Waals surface area contributed by atoms with Crippen LogP contribution in [0.5, 0.6) is 5.75 Å². The van der Waals surface area contributed by atoms with Crippen molar-refractivity contribution in [3.8, 4) is 5.75 Å². The van der Waals surface area contributed by atoms with Gasteiger partial charge in [-0.1, -0.05) is 18.3 Å². The Morgan fingerprint density at radius 3 is 2.43 bits per heavy atom. The molecule has 0 unspecified atom stereocenters. The van der Waals surface area contributed by atoms with Crippen molar-refractivity contribution in [1.82, 2.24) is 4.98 Å². The Balaban J connectivity index is 2.35. The minimum atomic E-state index is -4.57. The van der Waals surface area contributed by atoms with E-state index in [1.165, 1.54) is 31.5 Å². The molecule has 1 aromatic carbocycles. The van der Waals surface area contributed by atoms with Crippen LogP contribution in [0.2, 0.25) is 0 Å². The van der Waals surface area contributed by atoms with Crippen molar-refractivity contribution in [3.63, 3.8) is 0 Å². The van der Waals surface area contributed by atoms with Crippen molar-refractivity contribution in [2.75, 3.05) is 0 Å². The molecule has 0 N–H and O–H groups in total. The first-order valence-electron chi connectivity index (χ1n) is 6.44. The Labute approximate surface area is 135 Å². The number of ether oxygens (including phenoxy) is 1. The van der Waals surface area contributed by atoms with Gasteiger partial charge in [0.05, 0.1) is 5.56 Å². The van der Waals surface area contributed by atoms with Crippen LogP contribution in [0.25, 0.3) is 0 Å². The van der Waals surface area contributed by atoms with E-state index in [4.69, 9.17) is 4.74 Å². The molecule has 23 heavy (non-hydrogen) atoms. The molecule has 3 nitrogen and oxygen atoms in total. The zero-order valence-electron chi connectivity index (χ0n) is 12.1. The molecule has 0 radical (unpaired) electrons. The predicted octanol–water partition coefficient (Wildman–Crippen LogP) is 4.73. The Kier molecular flexibility index (Phi) is 5.10. The fourth-order valence-electron chi connectivity index (χ4n) is 1.61. The lowest BCUT2D eigenvalue weighted by Crippen LogP contribution is -2.11. The molecule has 0 fully saturated rings. The van der Waals surface area contributed by atoms with Gasteiger partial charge in [-0.05, 0) is 37.3 Å². The van der Waals surface area contributed by atoms with Crippen LogP contribution in [-0.2, 0) is 11.0 Å². The summed E-state index contributed by atoms with van der Waals surface area (Å²) in [6, 6.07) is 6.62. The van der Waals surface area contributed by atoms with Crippen molar-refractivity contribution >= 4 is 17.7 Å². The van der Waals surface area contributed by atoms with E-state index >= 15 is 0 Å². The topological polar surface area (TPSA) is 39.2 Å². The number of esters is 1. The smallest absolute Gasteiger partial charge is 0.417 e. The third-order valence-electron chi connectivity index (χ3n) is 2.69. The van der Waals surface area contributed by atoms with Crippen LogP contribution in [0.15, 0.2) is 64.7 Å². The van der Waals surface area contributed by atoms with E-state index in [-0.39, 0.29) is 16.2 Å². The molecule has 0 aliphatic rings. The molecule has 0 saturated carbocycles. The SMILES string of the molecule is C=C(C)C(=O)Oc1ccc(Sc2ccncc2)c(C(F)(F)F)c1. The van der Waals surface area contributed by atoms with Crippen LogP contribution in [0.4, 0.5) is 13.2 Å². The number of hydrogen-bond acceptors (Lipinski definition) is 4. The number of hydrogen-bond donors (Lipinski definition) is 0. The predicted molar refractivity (Wildman–Crippen MR) is 80.3 cm³/mol. The monoisotopic (exact) mass is 339 g/mol. The summed E-state index contributed by atoms with van der Waals surface area (Å²) in [6.45, 7) is 4.81. The number of rotatable bonds is 4. The maximum absolute atomic E-state index is 13.2. The number of benzene rings is 1. The Morgan fingerprint density at radius 1 is 1.22 bits per heavy atom. The van der Waals surface area contributed by atoms with Gasteiger partial charge < -0.3 is 4.74 Å². The summed E-state index contributed by atoms with van der Waals surface area (Å²) in [5.41, 5.74) is -0.764. The van der Waals surface area contributed by atoms with Gasteiger partial charge in [0.15, 0.2) is 0 Å². The fraction of sp³-hybridized carbons (Fsp3) is 0.125.